The molecule has 0 aliphatic carbocycles. The maximum absolute atomic E-state index is 13.3. The fourth-order valence-corrected chi connectivity index (χ4v) is 3.28. The number of hydrogen-bond donors (Lipinski definition) is 1. The Bertz CT molecular complexity index is 971. The quantitative estimate of drug-likeness (QED) is 0.116. The van der Waals surface area contributed by atoms with Crippen LogP contribution in [0.4, 0.5) is 30.7 Å². The van der Waals surface area contributed by atoms with E-state index in [0.29, 0.717) is 26.0 Å². The first-order valence-corrected chi connectivity index (χ1v) is 10.2. The fraction of sp³-hybridized carbons (Fsp3) is 0.316. The number of alkyl halides is 7. The molecule has 0 unspecified atom stereocenters. The van der Waals surface area contributed by atoms with Crippen molar-refractivity contribution in [3.05, 3.63) is 56.1 Å². The van der Waals surface area contributed by atoms with Crippen LogP contribution in [0.15, 0.2) is 41.5 Å². The SMILES string of the molecule is CCOc1cc(/C=N\NC(F)(F)C(F)(F)C(F)(F)F)cc(I)c1OCc1cccc(Cl)c1. The van der Waals surface area contributed by atoms with Gasteiger partial charge >= 0.3 is 18.1 Å². The topological polar surface area (TPSA) is 42.8 Å². The lowest BCUT2D eigenvalue weighted by Crippen LogP contribution is -2.58. The molecule has 2 rings (SSSR count). The lowest BCUT2D eigenvalue weighted by Gasteiger charge is -2.27. The molecular formula is C19H15ClF7IN2O2. The van der Waals surface area contributed by atoms with Crippen LogP contribution in [-0.4, -0.2) is 31.0 Å². The number of nitrogens with zero attached hydrogens (tertiary/aromatic N) is 1. The average Bonchev–Trinajstić information content (AvgIpc) is 2.66. The number of halogens is 9. The van der Waals surface area contributed by atoms with Crippen molar-refractivity contribution in [3.63, 3.8) is 0 Å². The van der Waals surface area contributed by atoms with Gasteiger partial charge in [0.1, 0.15) is 6.61 Å². The van der Waals surface area contributed by atoms with Crippen LogP contribution in [0.1, 0.15) is 18.1 Å². The molecule has 0 amide bonds. The molecule has 1 N–H and O–H groups in total. The summed E-state index contributed by atoms with van der Waals surface area (Å²) in [6.07, 6.45) is -5.80. The van der Waals surface area contributed by atoms with Crippen molar-refractivity contribution in [1.82, 2.24) is 5.43 Å². The summed E-state index contributed by atoms with van der Waals surface area (Å²) in [6.45, 7) is 2.01. The van der Waals surface area contributed by atoms with Gasteiger partial charge in [0.2, 0.25) is 0 Å². The van der Waals surface area contributed by atoms with Crippen molar-refractivity contribution < 1.29 is 40.2 Å². The normalized spacial score (nSPS) is 12.8. The van der Waals surface area contributed by atoms with Gasteiger partial charge in [-0.1, -0.05) is 23.7 Å². The molecule has 0 saturated heterocycles. The largest absolute Gasteiger partial charge is 0.490 e. The molecule has 32 heavy (non-hydrogen) atoms. The van der Waals surface area contributed by atoms with Crippen LogP contribution in [0.2, 0.25) is 5.02 Å². The molecule has 0 aliphatic rings. The Balaban J connectivity index is 2.21. The van der Waals surface area contributed by atoms with Gasteiger partial charge in [-0.05, 0) is 64.9 Å². The molecule has 0 atom stereocenters. The van der Waals surface area contributed by atoms with Crippen LogP contribution in [0.25, 0.3) is 0 Å². The molecule has 0 saturated carbocycles. The van der Waals surface area contributed by atoms with E-state index >= 15 is 0 Å². The second-order valence-corrected chi connectivity index (χ2v) is 7.80. The lowest BCUT2D eigenvalue weighted by atomic mass is 10.2. The third kappa shape index (κ3) is 6.30. The van der Waals surface area contributed by atoms with Gasteiger partial charge in [-0.15, -0.1) is 0 Å². The van der Waals surface area contributed by atoms with E-state index in [-0.39, 0.29) is 24.5 Å². The summed E-state index contributed by atoms with van der Waals surface area (Å²) in [6, 6.07) is 3.95. The van der Waals surface area contributed by atoms with E-state index in [9.17, 15) is 30.7 Å². The average molecular weight is 599 g/mol. The Kier molecular flexibility index (Phi) is 8.48. The second kappa shape index (κ2) is 10.3. The zero-order valence-corrected chi connectivity index (χ0v) is 19.0. The van der Waals surface area contributed by atoms with Gasteiger partial charge in [-0.2, -0.15) is 35.8 Å². The standard InChI is InChI=1S/C19H15ClF7IN2O2/c1-2-31-15-8-12(9-29-30-19(26,27)17(21,22)18(23,24)25)7-14(28)16(15)32-10-11-4-3-5-13(20)6-11/h3-9,30H,2,10H2,1H3/b29-9-. The van der Waals surface area contributed by atoms with E-state index in [2.05, 4.69) is 5.10 Å². The number of hydrazone groups is 1. The van der Waals surface area contributed by atoms with Gasteiger partial charge in [-0.3, -0.25) is 0 Å². The van der Waals surface area contributed by atoms with Gasteiger partial charge in [0.05, 0.1) is 16.4 Å². The first kappa shape index (κ1) is 26.3. The van der Waals surface area contributed by atoms with Crippen molar-refractivity contribution in [3.8, 4) is 11.5 Å². The molecule has 0 aromatic heterocycles. The van der Waals surface area contributed by atoms with Crippen molar-refractivity contribution in [2.45, 2.75) is 31.7 Å². The summed E-state index contributed by atoms with van der Waals surface area (Å²) < 4.78 is 101. The number of nitrogens with one attached hydrogen (secondary N) is 1. The first-order chi connectivity index (χ1) is 14.8. The van der Waals surface area contributed by atoms with Gasteiger partial charge in [0.25, 0.3) is 0 Å². The number of benzene rings is 2. The summed E-state index contributed by atoms with van der Waals surface area (Å²) in [5.74, 6) is -5.82. The van der Waals surface area contributed by atoms with Crippen LogP contribution in [-0.2, 0) is 6.61 Å². The number of ether oxygens (including phenoxy) is 2. The van der Waals surface area contributed by atoms with Crippen molar-refractivity contribution in [2.75, 3.05) is 6.61 Å². The molecule has 176 valence electrons. The molecule has 0 radical (unpaired) electrons. The van der Waals surface area contributed by atoms with E-state index in [4.69, 9.17) is 21.1 Å². The van der Waals surface area contributed by atoms with Crippen LogP contribution < -0.4 is 14.9 Å². The van der Waals surface area contributed by atoms with Crippen LogP contribution >= 0.6 is 34.2 Å². The molecule has 0 fully saturated rings. The predicted octanol–water partition coefficient (Wildman–Crippen LogP) is 6.64. The minimum absolute atomic E-state index is 0.0894. The monoisotopic (exact) mass is 598 g/mol. The third-order valence-electron chi connectivity index (χ3n) is 3.77. The molecule has 0 bridgehead atoms. The summed E-state index contributed by atoms with van der Waals surface area (Å²) in [5, 5.41) is 3.36. The van der Waals surface area contributed by atoms with Gasteiger partial charge < -0.3 is 9.47 Å². The lowest BCUT2D eigenvalue weighted by molar-refractivity contribution is -0.361. The Morgan fingerprint density at radius 1 is 1.06 bits per heavy atom. The van der Waals surface area contributed by atoms with Crippen molar-refractivity contribution in [1.29, 1.82) is 0 Å². The van der Waals surface area contributed by atoms with Crippen molar-refractivity contribution >= 4 is 40.4 Å². The molecule has 2 aromatic rings. The van der Waals surface area contributed by atoms with Gasteiger partial charge in [-0.25, -0.2) is 5.43 Å². The predicted molar refractivity (Wildman–Crippen MR) is 113 cm³/mol. The first-order valence-electron chi connectivity index (χ1n) is 8.74. The van der Waals surface area contributed by atoms with Crippen LogP contribution in [0, 0.1) is 3.57 Å². The Labute approximate surface area is 196 Å². The van der Waals surface area contributed by atoms with Crippen molar-refractivity contribution in [2.24, 2.45) is 5.10 Å². The molecule has 0 aliphatic heterocycles. The zero-order chi connectivity index (χ0) is 24.2. The van der Waals surface area contributed by atoms with Crippen LogP contribution in [0.5, 0.6) is 11.5 Å². The van der Waals surface area contributed by atoms with E-state index in [1.165, 1.54) is 12.1 Å². The van der Waals surface area contributed by atoms with E-state index in [0.717, 1.165) is 5.56 Å². The van der Waals surface area contributed by atoms with Gasteiger partial charge in [0, 0.05) is 5.02 Å². The molecule has 2 aromatic carbocycles. The minimum Gasteiger partial charge on any atom is -0.490 e. The van der Waals surface area contributed by atoms with E-state index in [1.807, 2.05) is 22.6 Å². The smallest absolute Gasteiger partial charge is 0.462 e. The minimum atomic E-state index is -6.46. The highest BCUT2D eigenvalue weighted by Gasteiger charge is 2.73. The Morgan fingerprint density at radius 2 is 1.75 bits per heavy atom. The molecule has 0 spiro atoms. The number of hydrogen-bond acceptors (Lipinski definition) is 4. The van der Waals surface area contributed by atoms with Crippen LogP contribution in [0.3, 0.4) is 0 Å². The Hall–Kier alpha value is -1.96. The highest BCUT2D eigenvalue weighted by molar-refractivity contribution is 14.1. The highest BCUT2D eigenvalue weighted by Crippen LogP contribution is 2.45. The maximum Gasteiger partial charge on any atom is 0.462 e. The molecule has 0 heterocycles. The van der Waals surface area contributed by atoms with E-state index < -0.39 is 18.1 Å². The van der Waals surface area contributed by atoms with E-state index in [1.54, 1.807) is 31.2 Å². The Morgan fingerprint density at radius 3 is 2.34 bits per heavy atom. The zero-order valence-electron chi connectivity index (χ0n) is 16.1. The second-order valence-electron chi connectivity index (χ2n) is 6.20. The summed E-state index contributed by atoms with van der Waals surface area (Å²) in [5.41, 5.74) is 1.42. The summed E-state index contributed by atoms with van der Waals surface area (Å²) in [7, 11) is 0. The molecule has 13 heteroatoms. The molecular weight excluding hydrogens is 584 g/mol. The molecule has 4 nitrogen and oxygen atoms in total. The van der Waals surface area contributed by atoms with Gasteiger partial charge in [0.15, 0.2) is 11.5 Å². The highest BCUT2D eigenvalue weighted by atomic mass is 127. The number of rotatable bonds is 9. The summed E-state index contributed by atoms with van der Waals surface area (Å²) >= 11 is 7.79. The summed E-state index contributed by atoms with van der Waals surface area (Å²) in [4.78, 5) is 0. The fourth-order valence-electron chi connectivity index (χ4n) is 2.28. The third-order valence-corrected chi connectivity index (χ3v) is 4.81. The maximum atomic E-state index is 13.3.